The molecule has 1 aromatic heterocycles. The first-order valence-electron chi connectivity index (χ1n) is 7.80. The van der Waals surface area contributed by atoms with E-state index < -0.39 is 0 Å². The molecule has 4 nitrogen and oxygen atoms in total. The second kappa shape index (κ2) is 6.55. The number of rotatable bonds is 4. The summed E-state index contributed by atoms with van der Waals surface area (Å²) in [5.41, 5.74) is 2.57. The summed E-state index contributed by atoms with van der Waals surface area (Å²) in [5.74, 6) is 0.109. The molecule has 2 aromatic carbocycles. The largest absolute Gasteiger partial charge is 0.488 e. The molecule has 3 aromatic rings. The maximum absolute atomic E-state index is 14.0. The molecule has 1 fully saturated rings. The number of pyridine rings is 1. The minimum absolute atomic E-state index is 0.241. The van der Waals surface area contributed by atoms with Gasteiger partial charge in [0, 0.05) is 17.6 Å². The number of hydrogen-bond acceptors (Lipinski definition) is 4. The molecular formula is C19H16FNO3. The van der Waals surface area contributed by atoms with Crippen molar-refractivity contribution < 1.29 is 18.6 Å². The van der Waals surface area contributed by atoms with Crippen LogP contribution in [0.25, 0.3) is 22.0 Å². The molecule has 5 heteroatoms. The topological polar surface area (TPSA) is 40.6 Å². The predicted octanol–water partition coefficient (Wildman–Crippen LogP) is 3.79. The van der Waals surface area contributed by atoms with Gasteiger partial charge in [0.05, 0.1) is 18.7 Å². The molecule has 1 saturated heterocycles. The fourth-order valence-corrected chi connectivity index (χ4v) is 2.74. The standard InChI is InChI=1S/C19H16FNO3/c20-16-9-15(10-17(11-16)24-12-19-22-6-7-23-19)13-3-4-18-14(8-13)2-1-5-21-18/h1-5,8-11,19H,6-7,12H2. The van der Waals surface area contributed by atoms with Crippen LogP contribution in [0.3, 0.4) is 0 Å². The van der Waals surface area contributed by atoms with Gasteiger partial charge in [0.1, 0.15) is 18.2 Å². The third kappa shape index (κ3) is 3.22. The zero-order valence-corrected chi connectivity index (χ0v) is 12.9. The van der Waals surface area contributed by atoms with Gasteiger partial charge in [-0.3, -0.25) is 4.98 Å². The molecule has 1 aliphatic rings. The number of ether oxygens (including phenoxy) is 3. The number of fused-ring (bicyclic) bond motifs is 1. The Morgan fingerprint density at radius 2 is 1.92 bits per heavy atom. The van der Waals surface area contributed by atoms with Crippen molar-refractivity contribution in [2.45, 2.75) is 6.29 Å². The summed E-state index contributed by atoms with van der Waals surface area (Å²) < 4.78 is 30.2. The van der Waals surface area contributed by atoms with Crippen LogP contribution >= 0.6 is 0 Å². The smallest absolute Gasteiger partial charge is 0.191 e. The monoisotopic (exact) mass is 325 g/mol. The molecule has 0 bridgehead atoms. The average Bonchev–Trinajstić information content (AvgIpc) is 3.13. The first-order valence-corrected chi connectivity index (χ1v) is 7.80. The van der Waals surface area contributed by atoms with Crippen LogP contribution in [0.15, 0.2) is 54.7 Å². The third-order valence-corrected chi connectivity index (χ3v) is 3.88. The second-order valence-corrected chi connectivity index (χ2v) is 5.57. The van der Waals surface area contributed by atoms with Gasteiger partial charge >= 0.3 is 0 Å². The van der Waals surface area contributed by atoms with E-state index >= 15 is 0 Å². The van der Waals surface area contributed by atoms with Crippen LogP contribution in [0.4, 0.5) is 4.39 Å². The quantitative estimate of drug-likeness (QED) is 0.732. The molecule has 4 rings (SSSR count). The molecule has 0 atom stereocenters. The van der Waals surface area contributed by atoms with Crippen LogP contribution in [-0.4, -0.2) is 31.1 Å². The SMILES string of the molecule is Fc1cc(OCC2OCCO2)cc(-c2ccc3ncccc3c2)c1. The Morgan fingerprint density at radius 1 is 1.04 bits per heavy atom. The second-order valence-electron chi connectivity index (χ2n) is 5.57. The van der Waals surface area contributed by atoms with Gasteiger partial charge in [0.15, 0.2) is 6.29 Å². The van der Waals surface area contributed by atoms with Crippen molar-refractivity contribution in [3.8, 4) is 16.9 Å². The van der Waals surface area contributed by atoms with Crippen LogP contribution in [-0.2, 0) is 9.47 Å². The van der Waals surface area contributed by atoms with E-state index in [1.54, 1.807) is 6.20 Å². The summed E-state index contributed by atoms with van der Waals surface area (Å²) in [5, 5.41) is 1.01. The highest BCUT2D eigenvalue weighted by Gasteiger charge is 2.16. The van der Waals surface area contributed by atoms with E-state index in [0.29, 0.717) is 19.0 Å². The summed E-state index contributed by atoms with van der Waals surface area (Å²) in [6.07, 6.45) is 1.37. The molecule has 0 unspecified atom stereocenters. The minimum Gasteiger partial charge on any atom is -0.488 e. The van der Waals surface area contributed by atoms with Gasteiger partial charge in [0.25, 0.3) is 0 Å². The van der Waals surface area contributed by atoms with Crippen LogP contribution < -0.4 is 4.74 Å². The molecule has 0 aliphatic carbocycles. The van der Waals surface area contributed by atoms with Crippen molar-refractivity contribution in [1.29, 1.82) is 0 Å². The summed E-state index contributed by atoms with van der Waals surface area (Å²) in [7, 11) is 0. The Kier molecular flexibility index (Phi) is 4.11. The van der Waals surface area contributed by atoms with Crippen LogP contribution in [0.1, 0.15) is 0 Å². The molecule has 0 spiro atoms. The number of nitrogens with zero attached hydrogens (tertiary/aromatic N) is 1. The fourth-order valence-electron chi connectivity index (χ4n) is 2.74. The summed E-state index contributed by atoms with van der Waals surface area (Å²) in [4.78, 5) is 4.30. The Bertz CT molecular complexity index is 862. The Labute approximate surface area is 138 Å². The number of halogens is 1. The normalized spacial score (nSPS) is 15.0. The zero-order valence-electron chi connectivity index (χ0n) is 12.9. The van der Waals surface area contributed by atoms with Crippen molar-refractivity contribution in [2.75, 3.05) is 19.8 Å². The molecule has 2 heterocycles. The van der Waals surface area contributed by atoms with Gasteiger partial charge in [-0.2, -0.15) is 0 Å². The average molecular weight is 325 g/mol. The van der Waals surface area contributed by atoms with E-state index in [-0.39, 0.29) is 18.7 Å². The van der Waals surface area contributed by atoms with E-state index in [4.69, 9.17) is 14.2 Å². The third-order valence-electron chi connectivity index (χ3n) is 3.88. The lowest BCUT2D eigenvalue weighted by Crippen LogP contribution is -2.18. The van der Waals surface area contributed by atoms with E-state index in [9.17, 15) is 4.39 Å². The summed E-state index contributed by atoms with van der Waals surface area (Å²) in [6, 6.07) is 14.4. The molecule has 0 radical (unpaired) electrons. The van der Waals surface area contributed by atoms with Gasteiger partial charge in [-0.25, -0.2) is 4.39 Å². The van der Waals surface area contributed by atoms with Crippen LogP contribution in [0.2, 0.25) is 0 Å². The first kappa shape index (κ1) is 15.1. The van der Waals surface area contributed by atoms with Gasteiger partial charge in [-0.15, -0.1) is 0 Å². The number of benzene rings is 2. The maximum atomic E-state index is 14.0. The van der Waals surface area contributed by atoms with Crippen molar-refractivity contribution >= 4 is 10.9 Å². The summed E-state index contributed by atoms with van der Waals surface area (Å²) >= 11 is 0. The van der Waals surface area contributed by atoms with Gasteiger partial charge < -0.3 is 14.2 Å². The lowest BCUT2D eigenvalue weighted by atomic mass is 10.0. The van der Waals surface area contributed by atoms with E-state index in [0.717, 1.165) is 22.0 Å². The van der Waals surface area contributed by atoms with Gasteiger partial charge in [-0.05, 0) is 41.5 Å². The molecule has 0 amide bonds. The first-order chi connectivity index (χ1) is 11.8. The fraction of sp³-hybridized carbons (Fsp3) is 0.211. The highest BCUT2D eigenvalue weighted by Crippen LogP contribution is 2.28. The lowest BCUT2D eigenvalue weighted by molar-refractivity contribution is -0.0684. The molecular weight excluding hydrogens is 309 g/mol. The van der Waals surface area contributed by atoms with Crippen molar-refractivity contribution in [3.05, 3.63) is 60.5 Å². The van der Waals surface area contributed by atoms with E-state index in [2.05, 4.69) is 4.98 Å². The Morgan fingerprint density at radius 3 is 2.79 bits per heavy atom. The zero-order chi connectivity index (χ0) is 16.4. The number of aromatic nitrogens is 1. The number of hydrogen-bond donors (Lipinski definition) is 0. The Hall–Kier alpha value is -2.50. The van der Waals surface area contributed by atoms with E-state index in [1.807, 2.05) is 36.4 Å². The van der Waals surface area contributed by atoms with Crippen LogP contribution in [0, 0.1) is 5.82 Å². The highest BCUT2D eigenvalue weighted by atomic mass is 19.1. The van der Waals surface area contributed by atoms with Crippen molar-refractivity contribution in [3.63, 3.8) is 0 Å². The maximum Gasteiger partial charge on any atom is 0.191 e. The summed E-state index contributed by atoms with van der Waals surface area (Å²) in [6.45, 7) is 1.37. The minimum atomic E-state index is -0.386. The van der Waals surface area contributed by atoms with Crippen LogP contribution in [0.5, 0.6) is 5.75 Å². The van der Waals surface area contributed by atoms with Gasteiger partial charge in [-0.1, -0.05) is 12.1 Å². The molecule has 1 aliphatic heterocycles. The predicted molar refractivity (Wildman–Crippen MR) is 88.3 cm³/mol. The molecule has 122 valence electrons. The van der Waals surface area contributed by atoms with Gasteiger partial charge in [0.2, 0.25) is 0 Å². The highest BCUT2D eigenvalue weighted by molar-refractivity contribution is 5.84. The molecule has 0 saturated carbocycles. The lowest BCUT2D eigenvalue weighted by Gasteiger charge is -2.12. The van der Waals surface area contributed by atoms with E-state index in [1.165, 1.54) is 12.1 Å². The molecule has 0 N–H and O–H groups in total. The van der Waals surface area contributed by atoms with Crippen molar-refractivity contribution in [1.82, 2.24) is 4.98 Å². The van der Waals surface area contributed by atoms with Crippen molar-refractivity contribution in [2.24, 2.45) is 0 Å². The molecule has 24 heavy (non-hydrogen) atoms. The Balaban J connectivity index is 1.61.